The highest BCUT2D eigenvalue weighted by atomic mass is 16.2. The molecule has 0 aromatic heterocycles. The zero-order valence-corrected chi connectivity index (χ0v) is 13.0. The number of piperidine rings is 1. The van der Waals surface area contributed by atoms with Crippen molar-refractivity contribution in [1.82, 2.24) is 5.32 Å². The maximum absolute atomic E-state index is 12.3. The van der Waals surface area contributed by atoms with Crippen molar-refractivity contribution in [2.45, 2.75) is 78.1 Å². The minimum absolute atomic E-state index is 0.00274. The molecule has 114 valence electrons. The predicted octanol–water partition coefficient (Wildman–Crippen LogP) is 3.82. The van der Waals surface area contributed by atoms with Gasteiger partial charge in [-0.25, -0.2) is 0 Å². The van der Waals surface area contributed by atoms with Crippen molar-refractivity contribution in [3.05, 3.63) is 0 Å². The van der Waals surface area contributed by atoms with Crippen LogP contribution in [0.5, 0.6) is 0 Å². The molecule has 20 heavy (non-hydrogen) atoms. The molecular weight excluding hydrogens is 250 g/mol. The van der Waals surface area contributed by atoms with Gasteiger partial charge in [0.25, 0.3) is 0 Å². The van der Waals surface area contributed by atoms with E-state index in [2.05, 4.69) is 19.2 Å². The second kappa shape index (κ2) is 6.73. The Balaban J connectivity index is 2.15. The van der Waals surface area contributed by atoms with E-state index in [0.29, 0.717) is 6.42 Å². The molecule has 1 spiro atoms. The molecule has 1 heterocycles. The van der Waals surface area contributed by atoms with Crippen LogP contribution in [0.25, 0.3) is 0 Å². The third-order valence-corrected chi connectivity index (χ3v) is 5.44. The van der Waals surface area contributed by atoms with E-state index in [1.165, 1.54) is 32.1 Å². The molecule has 1 aliphatic carbocycles. The summed E-state index contributed by atoms with van der Waals surface area (Å²) < 4.78 is 0. The average Bonchev–Trinajstić information content (AvgIpc) is 2.58. The topological polar surface area (TPSA) is 46.2 Å². The van der Waals surface area contributed by atoms with Gasteiger partial charge < -0.3 is 0 Å². The van der Waals surface area contributed by atoms with Crippen LogP contribution >= 0.6 is 0 Å². The second-order valence-electron chi connectivity index (χ2n) is 6.88. The van der Waals surface area contributed by atoms with Crippen molar-refractivity contribution in [2.75, 3.05) is 0 Å². The Morgan fingerprint density at radius 1 is 1.10 bits per heavy atom. The summed E-state index contributed by atoms with van der Waals surface area (Å²) in [5, 5.41) is 2.56. The lowest BCUT2D eigenvalue weighted by Crippen LogP contribution is -2.52. The summed E-state index contributed by atoms with van der Waals surface area (Å²) in [5.74, 6) is 0.820. The van der Waals surface area contributed by atoms with Gasteiger partial charge in [0.05, 0.1) is 0 Å². The van der Waals surface area contributed by atoms with E-state index in [-0.39, 0.29) is 23.1 Å². The first-order chi connectivity index (χ1) is 9.61. The summed E-state index contributed by atoms with van der Waals surface area (Å²) in [5.41, 5.74) is -0.0298. The standard InChI is InChI=1S/C17H29NO2/c1-3-6-13-8-5-10-17(11-9-13)12-15(19)18-16(20)14(17)7-4-2/h13-14H,3-12H2,1-2H3,(H,18,19,20). The fourth-order valence-electron chi connectivity index (χ4n) is 4.44. The molecule has 0 aromatic carbocycles. The van der Waals surface area contributed by atoms with Crippen molar-refractivity contribution >= 4 is 11.8 Å². The van der Waals surface area contributed by atoms with E-state index >= 15 is 0 Å². The van der Waals surface area contributed by atoms with E-state index in [0.717, 1.165) is 31.6 Å². The largest absolute Gasteiger partial charge is 0.296 e. The van der Waals surface area contributed by atoms with Gasteiger partial charge in [0.15, 0.2) is 0 Å². The summed E-state index contributed by atoms with van der Waals surface area (Å²) in [4.78, 5) is 24.1. The Bertz CT molecular complexity index is 366. The minimum atomic E-state index is -0.0451. The molecule has 2 amide bonds. The molecule has 1 aliphatic heterocycles. The van der Waals surface area contributed by atoms with Crippen molar-refractivity contribution in [1.29, 1.82) is 0 Å². The van der Waals surface area contributed by atoms with Crippen molar-refractivity contribution < 1.29 is 9.59 Å². The molecule has 2 aliphatic rings. The summed E-state index contributed by atoms with van der Waals surface area (Å²) in [6.45, 7) is 4.38. The van der Waals surface area contributed by atoms with Crippen molar-refractivity contribution in [3.8, 4) is 0 Å². The van der Waals surface area contributed by atoms with Gasteiger partial charge in [-0.05, 0) is 37.0 Å². The van der Waals surface area contributed by atoms with Gasteiger partial charge in [-0.3, -0.25) is 14.9 Å². The Morgan fingerprint density at radius 3 is 2.55 bits per heavy atom. The maximum Gasteiger partial charge on any atom is 0.230 e. The average molecular weight is 279 g/mol. The second-order valence-corrected chi connectivity index (χ2v) is 6.88. The summed E-state index contributed by atoms with van der Waals surface area (Å²) >= 11 is 0. The highest BCUT2D eigenvalue weighted by Crippen LogP contribution is 2.49. The lowest BCUT2D eigenvalue weighted by molar-refractivity contribution is -0.145. The smallest absolute Gasteiger partial charge is 0.230 e. The fraction of sp³-hybridized carbons (Fsp3) is 0.882. The molecule has 0 aromatic rings. The van der Waals surface area contributed by atoms with Crippen LogP contribution in [0.3, 0.4) is 0 Å². The summed E-state index contributed by atoms with van der Waals surface area (Å²) in [6.07, 6.45) is 10.9. The Labute approximate surface area is 122 Å². The molecule has 3 heteroatoms. The van der Waals surface area contributed by atoms with Gasteiger partial charge in [0, 0.05) is 12.3 Å². The number of carbonyl (C=O) groups is 2. The molecule has 3 nitrogen and oxygen atoms in total. The Morgan fingerprint density at radius 2 is 1.85 bits per heavy atom. The predicted molar refractivity (Wildman–Crippen MR) is 80.1 cm³/mol. The van der Waals surface area contributed by atoms with E-state index in [1.54, 1.807) is 0 Å². The molecule has 3 atom stereocenters. The number of hydrogen-bond acceptors (Lipinski definition) is 2. The zero-order chi connectivity index (χ0) is 14.6. The van der Waals surface area contributed by atoms with E-state index in [1.807, 2.05) is 0 Å². The van der Waals surface area contributed by atoms with Gasteiger partial charge in [-0.1, -0.05) is 46.0 Å². The van der Waals surface area contributed by atoms with E-state index in [4.69, 9.17) is 0 Å². The maximum atomic E-state index is 12.3. The molecule has 2 fully saturated rings. The number of nitrogens with one attached hydrogen (secondary N) is 1. The SMILES string of the molecule is CCCC1CCCC2(CC1)CC(=O)NC(=O)C2CCC. The third-order valence-electron chi connectivity index (χ3n) is 5.44. The fourth-order valence-corrected chi connectivity index (χ4v) is 4.44. The van der Waals surface area contributed by atoms with Crippen LogP contribution < -0.4 is 5.32 Å². The highest BCUT2D eigenvalue weighted by Gasteiger charge is 2.48. The van der Waals surface area contributed by atoms with Crippen molar-refractivity contribution in [3.63, 3.8) is 0 Å². The molecular formula is C17H29NO2. The molecule has 2 rings (SSSR count). The summed E-state index contributed by atoms with van der Waals surface area (Å²) in [7, 11) is 0. The molecule has 1 saturated carbocycles. The van der Waals surface area contributed by atoms with Crippen LogP contribution in [-0.4, -0.2) is 11.8 Å². The Hall–Kier alpha value is -0.860. The molecule has 0 radical (unpaired) electrons. The monoisotopic (exact) mass is 279 g/mol. The first-order valence-electron chi connectivity index (χ1n) is 8.45. The van der Waals surface area contributed by atoms with Crippen LogP contribution in [0.1, 0.15) is 78.1 Å². The number of amides is 2. The van der Waals surface area contributed by atoms with Gasteiger partial charge in [-0.2, -0.15) is 0 Å². The van der Waals surface area contributed by atoms with Gasteiger partial charge in [0.2, 0.25) is 11.8 Å². The highest BCUT2D eigenvalue weighted by molar-refractivity contribution is 5.99. The lowest BCUT2D eigenvalue weighted by atomic mass is 9.64. The molecule has 1 N–H and O–H groups in total. The first-order valence-corrected chi connectivity index (χ1v) is 8.45. The van der Waals surface area contributed by atoms with Gasteiger partial charge in [0.1, 0.15) is 0 Å². The number of imide groups is 1. The quantitative estimate of drug-likeness (QED) is 0.795. The zero-order valence-electron chi connectivity index (χ0n) is 13.0. The van der Waals surface area contributed by atoms with Crippen LogP contribution in [0.2, 0.25) is 0 Å². The Kier molecular flexibility index (Phi) is 5.22. The number of hydrogen-bond donors (Lipinski definition) is 1. The normalized spacial score (nSPS) is 34.9. The first kappa shape index (κ1) is 15.5. The number of rotatable bonds is 4. The number of carbonyl (C=O) groups excluding carboxylic acids is 2. The minimum Gasteiger partial charge on any atom is -0.296 e. The van der Waals surface area contributed by atoms with Crippen molar-refractivity contribution in [2.24, 2.45) is 17.3 Å². The molecule has 0 bridgehead atoms. The van der Waals surface area contributed by atoms with Gasteiger partial charge in [-0.15, -0.1) is 0 Å². The van der Waals surface area contributed by atoms with E-state index < -0.39 is 0 Å². The van der Waals surface area contributed by atoms with Crippen LogP contribution in [0.15, 0.2) is 0 Å². The van der Waals surface area contributed by atoms with Gasteiger partial charge >= 0.3 is 0 Å². The van der Waals surface area contributed by atoms with Crippen LogP contribution in [0, 0.1) is 17.3 Å². The molecule has 3 unspecified atom stereocenters. The van der Waals surface area contributed by atoms with Crippen LogP contribution in [0.4, 0.5) is 0 Å². The molecule has 1 saturated heterocycles. The third kappa shape index (κ3) is 3.24. The van der Waals surface area contributed by atoms with E-state index in [9.17, 15) is 9.59 Å². The van der Waals surface area contributed by atoms with Crippen LogP contribution in [-0.2, 0) is 9.59 Å². The summed E-state index contributed by atoms with van der Waals surface area (Å²) in [6, 6.07) is 0. The lowest BCUT2D eigenvalue weighted by Gasteiger charge is -2.42.